The van der Waals surface area contributed by atoms with Crippen LogP contribution < -0.4 is 20.3 Å². The van der Waals surface area contributed by atoms with Crippen molar-refractivity contribution in [3.05, 3.63) is 41.9 Å². The average Bonchev–Trinajstić information content (AvgIpc) is 3.75. The van der Waals surface area contributed by atoms with Crippen LogP contribution in [0.4, 0.5) is 38.0 Å². The number of halogens is 6. The second-order valence-corrected chi connectivity index (χ2v) is 13.0. The number of benzene rings is 1. The number of aliphatic carboxylic acids is 2. The lowest BCUT2D eigenvalue weighted by Gasteiger charge is -2.35. The summed E-state index contributed by atoms with van der Waals surface area (Å²) in [6, 6.07) is 8.31. The summed E-state index contributed by atoms with van der Waals surface area (Å²) < 4.78 is 67.7. The molecule has 4 heterocycles. The van der Waals surface area contributed by atoms with Crippen LogP contribution in [0.3, 0.4) is 0 Å². The molecular weight excluding hydrogens is 794 g/mol. The zero-order chi connectivity index (χ0) is 43.7. The predicted octanol–water partition coefficient (Wildman–Crippen LogP) is -0.468. The maximum absolute atomic E-state index is 12.3. The molecule has 9 N–H and O–H groups in total. The van der Waals surface area contributed by atoms with Crippen molar-refractivity contribution >= 4 is 52.2 Å². The molecule has 1 aliphatic heterocycles. The molecule has 0 saturated carbocycles. The number of β-amino-alcohol motifs (C(OH)–C–C–N with tert-alkyl or cyclic N) is 1. The molecule has 3 aromatic heterocycles. The number of likely N-dealkylation sites (tertiary alicyclic amines) is 1. The summed E-state index contributed by atoms with van der Waals surface area (Å²) in [5, 5.41) is 65.0. The van der Waals surface area contributed by atoms with E-state index in [2.05, 4.69) is 56.1 Å². The number of rotatable bonds is 13. The first-order valence-corrected chi connectivity index (χ1v) is 17.6. The van der Waals surface area contributed by atoms with Crippen LogP contribution in [0.1, 0.15) is 44.0 Å². The van der Waals surface area contributed by atoms with E-state index in [-0.39, 0.29) is 18.9 Å². The molecule has 24 heteroatoms. The zero-order valence-electron chi connectivity index (χ0n) is 31.1. The van der Waals surface area contributed by atoms with Gasteiger partial charge in [-0.05, 0) is 69.5 Å². The fourth-order valence-corrected chi connectivity index (χ4v) is 6.32. The first kappa shape index (κ1) is 47.2. The molecule has 1 aliphatic rings. The highest BCUT2D eigenvalue weighted by molar-refractivity contribution is 5.84. The lowest BCUT2D eigenvalue weighted by Crippen LogP contribution is -2.50. The molecule has 1 saturated heterocycles. The summed E-state index contributed by atoms with van der Waals surface area (Å²) >= 11 is 0. The number of piperidine rings is 1. The van der Waals surface area contributed by atoms with E-state index < -0.39 is 55.3 Å². The molecule has 1 amide bonds. The van der Waals surface area contributed by atoms with E-state index in [1.54, 1.807) is 12.3 Å². The summed E-state index contributed by atoms with van der Waals surface area (Å²) in [5.74, 6) is -4.04. The fraction of sp³-hybridized carbons (Fsp3) is 0.529. The van der Waals surface area contributed by atoms with Gasteiger partial charge in [0.05, 0.1) is 25.8 Å². The molecule has 0 radical (unpaired) electrons. The number of alkyl halides is 6. The van der Waals surface area contributed by atoms with Crippen LogP contribution in [0.5, 0.6) is 0 Å². The van der Waals surface area contributed by atoms with E-state index in [4.69, 9.17) is 30.6 Å². The van der Waals surface area contributed by atoms with E-state index in [0.29, 0.717) is 49.1 Å². The number of nitrogens with two attached hydrogens (primary N) is 1. The first-order valence-electron chi connectivity index (χ1n) is 17.6. The third-order valence-corrected chi connectivity index (χ3v) is 9.24. The van der Waals surface area contributed by atoms with E-state index in [1.807, 2.05) is 4.90 Å². The number of carbonyl (C=O) groups is 3. The van der Waals surface area contributed by atoms with Crippen LogP contribution in [0, 0.1) is 0 Å². The molecule has 18 nitrogen and oxygen atoms in total. The second kappa shape index (κ2) is 20.0. The molecule has 4 atom stereocenters. The number of nitrogen functional groups attached to an aromatic ring is 1. The minimum atomic E-state index is -5.19. The molecule has 1 aromatic carbocycles. The number of hydrogen-bond acceptors (Lipinski definition) is 13. The third-order valence-electron chi connectivity index (χ3n) is 9.24. The number of aliphatic hydroxyl groups excluding tert-OH is 5. The molecule has 58 heavy (non-hydrogen) atoms. The molecule has 322 valence electrons. The first-order chi connectivity index (χ1) is 27.1. The van der Waals surface area contributed by atoms with Gasteiger partial charge in [-0.15, -0.1) is 0 Å². The number of imidazole rings is 1. The number of carboxylic acids is 2. The van der Waals surface area contributed by atoms with Crippen LogP contribution in [0.15, 0.2) is 30.5 Å². The van der Waals surface area contributed by atoms with Gasteiger partial charge in [-0.25, -0.2) is 23.9 Å². The number of nitrogens with zero attached hydrogens (tertiary/aromatic N) is 6. The predicted molar refractivity (Wildman–Crippen MR) is 188 cm³/mol. The third kappa shape index (κ3) is 11.7. The van der Waals surface area contributed by atoms with Gasteiger partial charge < -0.3 is 56.2 Å². The quantitative estimate of drug-likeness (QED) is 0.0481. The zero-order valence-corrected chi connectivity index (χ0v) is 31.1. The van der Waals surface area contributed by atoms with Gasteiger partial charge in [-0.3, -0.25) is 9.69 Å². The van der Waals surface area contributed by atoms with Gasteiger partial charge >= 0.3 is 18.3 Å². The van der Waals surface area contributed by atoms with Gasteiger partial charge in [0.1, 0.15) is 36.3 Å². The van der Waals surface area contributed by atoms with Crippen molar-refractivity contribution in [2.45, 2.75) is 89.0 Å². The smallest absolute Gasteiger partial charge is 0.490 e. The summed E-state index contributed by atoms with van der Waals surface area (Å²) in [5.41, 5.74) is 10.7. The van der Waals surface area contributed by atoms with Crippen molar-refractivity contribution in [2.24, 2.45) is 0 Å². The number of aromatic amines is 1. The number of aliphatic hydroxyl groups is 5. The SMILES string of the molecule is CCn1c(CN(C=O)c2nc3cc[nH]c3nc2N)[n+](CC)c2ccc(C3CCN(C[C@H](O)[C@@H](O)[C@H](O)[C@H](O)CO)CC3)cc21.O=C(O)C(F)(F)F.O=C([O-])C(F)(F)F. The Kier molecular flexibility index (Phi) is 16.3. The normalized spacial score (nSPS) is 16.1. The molecule has 4 aromatic rings. The number of H-pyrrole nitrogens is 1. The number of carboxylic acid groups (broad SMARTS) is 2. The Morgan fingerprint density at radius 3 is 2.12 bits per heavy atom. The van der Waals surface area contributed by atoms with Crippen LogP contribution in [0.2, 0.25) is 0 Å². The monoisotopic (exact) mass is 838 g/mol. The lowest BCUT2D eigenvalue weighted by atomic mass is 9.89. The number of aromatic nitrogens is 5. The number of anilines is 2. The van der Waals surface area contributed by atoms with Gasteiger partial charge in [-0.1, -0.05) is 6.07 Å². The van der Waals surface area contributed by atoms with Crippen molar-refractivity contribution in [1.82, 2.24) is 24.4 Å². The van der Waals surface area contributed by atoms with Gasteiger partial charge in [-0.2, -0.15) is 26.3 Å². The summed E-state index contributed by atoms with van der Waals surface area (Å²) in [6.45, 7) is 6.67. The van der Waals surface area contributed by atoms with Gasteiger partial charge in [0.15, 0.2) is 28.3 Å². The number of amides is 1. The Morgan fingerprint density at radius 1 is 1.03 bits per heavy atom. The maximum atomic E-state index is 12.3. The molecule has 1 fully saturated rings. The van der Waals surface area contributed by atoms with Crippen LogP contribution in [-0.4, -0.2) is 136 Å². The average molecular weight is 839 g/mol. The Morgan fingerprint density at radius 2 is 1.62 bits per heavy atom. The Balaban J connectivity index is 0.000000550. The maximum Gasteiger partial charge on any atom is 0.490 e. The Labute approximate surface area is 325 Å². The number of fused-ring (bicyclic) bond motifs is 2. The summed E-state index contributed by atoms with van der Waals surface area (Å²) in [6.07, 6.45) is -12.1. The number of aryl methyl sites for hydroxylation is 2. The van der Waals surface area contributed by atoms with E-state index in [1.165, 1.54) is 10.5 Å². The van der Waals surface area contributed by atoms with E-state index in [0.717, 1.165) is 36.1 Å². The van der Waals surface area contributed by atoms with Crippen LogP contribution in [-0.2, 0) is 34.0 Å². The van der Waals surface area contributed by atoms with Gasteiger partial charge in [0.25, 0.3) is 5.82 Å². The highest BCUT2D eigenvalue weighted by atomic mass is 19.4. The number of nitrogens with one attached hydrogen (secondary N) is 1. The van der Waals surface area contributed by atoms with Crippen molar-refractivity contribution < 1.29 is 81.0 Å². The lowest BCUT2D eigenvalue weighted by molar-refractivity contribution is -0.676. The summed E-state index contributed by atoms with van der Waals surface area (Å²) in [4.78, 5) is 45.5. The van der Waals surface area contributed by atoms with Gasteiger partial charge in [0.2, 0.25) is 6.41 Å². The van der Waals surface area contributed by atoms with Crippen molar-refractivity contribution in [2.75, 3.05) is 36.9 Å². The highest BCUT2D eigenvalue weighted by Gasteiger charge is 2.38. The topological polar surface area (TPSA) is 279 Å². The molecular formula is C34H44F6N8O10. The second-order valence-electron chi connectivity index (χ2n) is 13.0. The highest BCUT2D eigenvalue weighted by Crippen LogP contribution is 2.31. The largest absolute Gasteiger partial charge is 0.542 e. The van der Waals surface area contributed by atoms with Gasteiger partial charge in [0, 0.05) is 12.7 Å². The Bertz CT molecular complexity index is 1980. The summed E-state index contributed by atoms with van der Waals surface area (Å²) in [7, 11) is 0. The molecule has 0 spiro atoms. The molecule has 0 bridgehead atoms. The minimum absolute atomic E-state index is 0.153. The Hall–Kier alpha value is -5.14. The van der Waals surface area contributed by atoms with E-state index >= 15 is 0 Å². The molecule has 0 aliphatic carbocycles. The number of carbonyl (C=O) groups excluding carboxylic acids is 2. The van der Waals surface area contributed by atoms with E-state index in [9.17, 15) is 51.6 Å². The van der Waals surface area contributed by atoms with Crippen molar-refractivity contribution in [3.63, 3.8) is 0 Å². The number of hydrogen-bond donors (Lipinski definition) is 8. The minimum Gasteiger partial charge on any atom is -0.542 e. The van der Waals surface area contributed by atoms with Crippen molar-refractivity contribution in [3.8, 4) is 0 Å². The standard InChI is InChI=1S/C30H43N8O6.2C2HF3O2/c1-3-37-21-6-5-19(18-8-11-35(12-9-18)14-23(41)26(43)27(44)24(42)16-39)13-22(21)38(4-2)25(37)15-36(17-40)30-28(31)34-29-20(33-30)7-10-32-29;2*3-2(4,5)1(6)7/h5-7,10,13,17-18,23-24,26-27,39,41-44H,3-4,8-9,11-12,14-16H2,1-2H3,(H3,31,32,34);2*(H,6,7)/q+1;;/p-1/t23-,24+,26+,27+;;/m0../s1. The van der Waals surface area contributed by atoms with Crippen molar-refractivity contribution in [1.29, 1.82) is 0 Å². The van der Waals surface area contributed by atoms with Crippen LogP contribution in [0.25, 0.3) is 22.2 Å². The van der Waals surface area contributed by atoms with Crippen LogP contribution >= 0.6 is 0 Å². The fourth-order valence-electron chi connectivity index (χ4n) is 6.32. The molecule has 0 unspecified atom stereocenters. The molecule has 5 rings (SSSR count).